The van der Waals surface area contributed by atoms with Gasteiger partial charge in [0.05, 0.1) is 26.4 Å². The van der Waals surface area contributed by atoms with Crippen LogP contribution in [0.1, 0.15) is 57.3 Å². The van der Waals surface area contributed by atoms with Crippen molar-refractivity contribution >= 4 is 22.6 Å². The van der Waals surface area contributed by atoms with Crippen LogP contribution in [-0.4, -0.2) is 9.97 Å². The van der Waals surface area contributed by atoms with Crippen LogP contribution in [0, 0.1) is 17.4 Å². The molecule has 6 aromatic rings. The van der Waals surface area contributed by atoms with E-state index < -0.39 is 0 Å². The number of hydrogen-bond donors (Lipinski definition) is 0. The number of aryl methyl sites for hydroxylation is 2. The first-order valence-corrected chi connectivity index (χ1v) is 17.4. The van der Waals surface area contributed by atoms with Gasteiger partial charge in [0.15, 0.2) is 0 Å². The third-order valence-corrected chi connectivity index (χ3v) is 8.66. The second kappa shape index (κ2) is 17.4. The summed E-state index contributed by atoms with van der Waals surface area (Å²) >= 11 is 2.28. The molecular weight excluding hydrogens is 723 g/mol. The molecule has 0 saturated carbocycles. The lowest BCUT2D eigenvalue weighted by atomic mass is 10.0. The largest absolute Gasteiger partial charge is 0.342 e. The Kier molecular flexibility index (Phi) is 12.3. The van der Waals surface area contributed by atoms with Crippen molar-refractivity contribution in [2.24, 2.45) is 0 Å². The molecule has 0 radical (unpaired) electrons. The fraction of sp³-hybridized carbons (Fsp3) is 0.190. The highest BCUT2D eigenvalue weighted by Crippen LogP contribution is 2.32. The molecule has 2 atom stereocenters. The highest BCUT2D eigenvalue weighted by Gasteiger charge is 2.26. The minimum atomic E-state index is -0.373. The molecule has 4 heterocycles. The van der Waals surface area contributed by atoms with Crippen molar-refractivity contribution in [1.82, 2.24) is 9.97 Å². The zero-order chi connectivity index (χ0) is 33.8. The van der Waals surface area contributed by atoms with E-state index in [9.17, 15) is 0 Å². The van der Waals surface area contributed by atoms with E-state index in [1.54, 1.807) is 12.4 Å². The maximum atomic E-state index is 5.98. The molecule has 0 N–H and O–H groups in total. The number of rotatable bonds is 7. The van der Waals surface area contributed by atoms with Crippen LogP contribution < -0.4 is 0 Å². The van der Waals surface area contributed by atoms with Crippen LogP contribution in [0.5, 0.6) is 0 Å². The Morgan fingerprint density at radius 3 is 1.71 bits per heavy atom. The first kappa shape index (κ1) is 34.6. The number of pyridine rings is 2. The molecule has 6 nitrogen and oxygen atoms in total. The van der Waals surface area contributed by atoms with Crippen LogP contribution in [0.3, 0.4) is 0 Å². The molecule has 4 aromatic carbocycles. The summed E-state index contributed by atoms with van der Waals surface area (Å²) in [5.74, 6) is 0. The summed E-state index contributed by atoms with van der Waals surface area (Å²) in [7, 11) is 0. The van der Waals surface area contributed by atoms with Crippen molar-refractivity contribution < 1.29 is 18.9 Å². The van der Waals surface area contributed by atoms with Gasteiger partial charge in [0, 0.05) is 27.1 Å². The van der Waals surface area contributed by atoms with Gasteiger partial charge in [-0.3, -0.25) is 9.97 Å². The highest BCUT2D eigenvalue weighted by atomic mass is 127. The third kappa shape index (κ3) is 9.90. The van der Waals surface area contributed by atoms with E-state index >= 15 is 0 Å². The maximum absolute atomic E-state index is 5.98. The number of ether oxygens (including phenoxy) is 4. The maximum Gasteiger partial charge on any atom is 0.202 e. The van der Waals surface area contributed by atoms with Gasteiger partial charge >= 0.3 is 0 Å². The van der Waals surface area contributed by atoms with E-state index in [1.165, 1.54) is 25.8 Å². The van der Waals surface area contributed by atoms with Gasteiger partial charge in [-0.15, -0.1) is 0 Å². The first-order chi connectivity index (χ1) is 24.0. The molecule has 2 aliphatic heterocycles. The number of benzene rings is 4. The van der Waals surface area contributed by atoms with Crippen molar-refractivity contribution in [2.75, 3.05) is 0 Å². The lowest BCUT2D eigenvalue weighted by molar-refractivity contribution is -0.147. The molecule has 248 valence electrons. The standard InChI is InChI=1S/C21H19NO2.C15H15NO2.C6H5I/c1-15-10-16(12-19(11-15)17-6-3-2-4-7-17)13-23-21-20-18(14-24-21)8-5-9-22-20;1-11-4-2-5-12(8-11)9-17-15-14-13(10-18-15)6-3-7-16-14;7-6-4-2-1-3-5-6/h2-12,21H,13-14H2,1H3;2-8,15H,9-10H2,1H3;1-5H. The summed E-state index contributed by atoms with van der Waals surface area (Å²) in [6.07, 6.45) is 2.85. The molecule has 2 unspecified atom stereocenters. The van der Waals surface area contributed by atoms with Crippen molar-refractivity contribution in [1.29, 1.82) is 0 Å². The molecule has 2 aliphatic rings. The van der Waals surface area contributed by atoms with E-state index in [1.807, 2.05) is 54.6 Å². The van der Waals surface area contributed by atoms with Crippen molar-refractivity contribution in [3.63, 3.8) is 0 Å². The predicted octanol–water partition coefficient (Wildman–Crippen LogP) is 10.2. The molecular formula is C42H39IN2O4. The number of hydrogen-bond acceptors (Lipinski definition) is 6. The topological polar surface area (TPSA) is 62.7 Å². The van der Waals surface area contributed by atoms with Crippen LogP contribution in [0.15, 0.2) is 140 Å². The first-order valence-electron chi connectivity index (χ1n) is 16.3. The van der Waals surface area contributed by atoms with Gasteiger partial charge in [-0.2, -0.15) is 0 Å². The van der Waals surface area contributed by atoms with Gasteiger partial charge in [0.2, 0.25) is 12.6 Å². The van der Waals surface area contributed by atoms with E-state index in [2.05, 4.69) is 119 Å². The average molecular weight is 763 g/mol. The summed E-state index contributed by atoms with van der Waals surface area (Å²) in [6.45, 7) is 6.38. The van der Waals surface area contributed by atoms with Gasteiger partial charge in [0.1, 0.15) is 11.4 Å². The molecule has 8 rings (SSSR count). The van der Waals surface area contributed by atoms with Gasteiger partial charge in [-0.25, -0.2) is 0 Å². The van der Waals surface area contributed by atoms with E-state index in [-0.39, 0.29) is 12.6 Å². The average Bonchev–Trinajstić information content (AvgIpc) is 3.75. The third-order valence-electron chi connectivity index (χ3n) is 7.94. The van der Waals surface area contributed by atoms with Crippen LogP contribution in [0.25, 0.3) is 11.1 Å². The number of halogens is 1. The molecule has 49 heavy (non-hydrogen) atoms. The number of fused-ring (bicyclic) bond motifs is 2. The number of aromatic nitrogens is 2. The molecule has 2 aromatic heterocycles. The molecule has 0 bridgehead atoms. The van der Waals surface area contributed by atoms with Gasteiger partial charge in [0.25, 0.3) is 0 Å². The smallest absolute Gasteiger partial charge is 0.202 e. The quantitative estimate of drug-likeness (QED) is 0.151. The SMILES string of the molecule is Cc1cc(COC2OCc3cccnc32)cc(-c2ccccc2)c1.Cc1cccc(COC2OCc3cccnc32)c1.Ic1ccccc1. The molecule has 0 amide bonds. The Balaban J connectivity index is 0.000000146. The Hall–Kier alpha value is -4.25. The van der Waals surface area contributed by atoms with Crippen LogP contribution in [0.2, 0.25) is 0 Å². The van der Waals surface area contributed by atoms with Gasteiger partial charge in [-0.05, 0) is 89.0 Å². The van der Waals surface area contributed by atoms with Crippen molar-refractivity contribution in [3.05, 3.63) is 188 Å². The lowest BCUT2D eigenvalue weighted by Gasteiger charge is -2.13. The lowest BCUT2D eigenvalue weighted by Crippen LogP contribution is -2.04. The van der Waals surface area contributed by atoms with Gasteiger partial charge in [-0.1, -0.05) is 108 Å². The van der Waals surface area contributed by atoms with Crippen LogP contribution >= 0.6 is 22.6 Å². The van der Waals surface area contributed by atoms with Crippen LogP contribution in [-0.2, 0) is 45.4 Å². The minimum absolute atomic E-state index is 0.332. The van der Waals surface area contributed by atoms with Crippen molar-refractivity contribution in [3.8, 4) is 11.1 Å². The summed E-state index contributed by atoms with van der Waals surface area (Å²) in [6, 6.07) is 43.3. The second-order valence-electron chi connectivity index (χ2n) is 11.9. The Morgan fingerprint density at radius 1 is 0.571 bits per heavy atom. The Bertz CT molecular complexity index is 1940. The summed E-state index contributed by atoms with van der Waals surface area (Å²) in [4.78, 5) is 8.71. The Morgan fingerprint density at radius 2 is 1.14 bits per heavy atom. The second-order valence-corrected chi connectivity index (χ2v) is 13.1. The van der Waals surface area contributed by atoms with E-state index in [0.29, 0.717) is 26.4 Å². The Labute approximate surface area is 302 Å². The summed E-state index contributed by atoms with van der Waals surface area (Å²) in [5.41, 5.74) is 11.2. The summed E-state index contributed by atoms with van der Waals surface area (Å²) < 4.78 is 24.4. The molecule has 0 fully saturated rings. The van der Waals surface area contributed by atoms with E-state index in [4.69, 9.17) is 18.9 Å². The predicted molar refractivity (Wildman–Crippen MR) is 200 cm³/mol. The van der Waals surface area contributed by atoms with E-state index in [0.717, 1.165) is 33.6 Å². The molecule has 0 saturated heterocycles. The monoisotopic (exact) mass is 762 g/mol. The van der Waals surface area contributed by atoms with Crippen LogP contribution in [0.4, 0.5) is 0 Å². The fourth-order valence-electron chi connectivity index (χ4n) is 5.62. The van der Waals surface area contributed by atoms with Crippen molar-refractivity contribution in [2.45, 2.75) is 52.9 Å². The van der Waals surface area contributed by atoms with Gasteiger partial charge < -0.3 is 18.9 Å². The molecule has 0 spiro atoms. The normalized spacial score (nSPS) is 15.7. The minimum Gasteiger partial charge on any atom is -0.342 e. The molecule has 0 aliphatic carbocycles. The number of nitrogens with zero attached hydrogens (tertiary/aromatic N) is 2. The summed E-state index contributed by atoms with van der Waals surface area (Å²) in [5, 5.41) is 0. The molecule has 7 heteroatoms. The highest BCUT2D eigenvalue weighted by molar-refractivity contribution is 14.1. The zero-order valence-electron chi connectivity index (χ0n) is 27.7. The fourth-order valence-corrected chi connectivity index (χ4v) is 6.03. The zero-order valence-corrected chi connectivity index (χ0v) is 29.8.